The number of carbonyl (C=O) groups is 2. The van der Waals surface area contributed by atoms with Crippen LogP contribution in [0.5, 0.6) is 0 Å². The van der Waals surface area contributed by atoms with Crippen molar-refractivity contribution < 1.29 is 19.4 Å². The van der Waals surface area contributed by atoms with Crippen LogP contribution < -0.4 is 10.6 Å². The first kappa shape index (κ1) is 12.9. The lowest BCUT2D eigenvalue weighted by Crippen LogP contribution is -2.50. The smallest absolute Gasteiger partial charge is 0.327 e. The van der Waals surface area contributed by atoms with Crippen molar-refractivity contribution in [1.82, 2.24) is 10.6 Å². The highest BCUT2D eigenvalue weighted by Gasteiger charge is 2.20. The Kier molecular flexibility index (Phi) is 5.21. The third-order valence-electron chi connectivity index (χ3n) is 2.45. The van der Waals surface area contributed by atoms with E-state index in [9.17, 15) is 9.59 Å². The predicted octanol–water partition coefficient (Wildman–Crippen LogP) is -0.656. The molecule has 0 radical (unpaired) electrons. The van der Waals surface area contributed by atoms with Crippen LogP contribution in [0.4, 0.5) is 0 Å². The molecule has 1 fully saturated rings. The van der Waals surface area contributed by atoms with Crippen LogP contribution in [0.3, 0.4) is 0 Å². The molecule has 0 spiro atoms. The van der Waals surface area contributed by atoms with E-state index in [0.717, 1.165) is 19.4 Å². The van der Waals surface area contributed by atoms with Gasteiger partial charge in [-0.05, 0) is 12.8 Å². The van der Waals surface area contributed by atoms with E-state index in [-0.39, 0.29) is 18.5 Å². The summed E-state index contributed by atoms with van der Waals surface area (Å²) in [5.74, 6) is -1.37. The van der Waals surface area contributed by atoms with E-state index in [1.54, 1.807) is 0 Å². The van der Waals surface area contributed by atoms with Crippen LogP contribution in [-0.2, 0) is 14.3 Å². The quantitative estimate of drug-likeness (QED) is 0.584. The van der Waals surface area contributed by atoms with Crippen molar-refractivity contribution in [2.75, 3.05) is 19.8 Å². The van der Waals surface area contributed by atoms with E-state index in [4.69, 9.17) is 9.84 Å². The first-order chi connectivity index (χ1) is 7.59. The molecule has 0 aromatic rings. The summed E-state index contributed by atoms with van der Waals surface area (Å²) in [4.78, 5) is 21.6. The van der Waals surface area contributed by atoms with Crippen molar-refractivity contribution in [3.8, 4) is 0 Å². The highest BCUT2D eigenvalue weighted by atomic mass is 16.5. The Bertz CT molecular complexity index is 251. The molecule has 6 heteroatoms. The fraction of sp³-hybridized carbons (Fsp3) is 0.800. The minimum absolute atomic E-state index is 0.185. The van der Waals surface area contributed by atoms with Gasteiger partial charge in [0.05, 0.1) is 6.61 Å². The maximum absolute atomic E-state index is 10.8. The van der Waals surface area contributed by atoms with Crippen LogP contribution in [0.1, 0.15) is 19.8 Å². The van der Waals surface area contributed by atoms with Crippen LogP contribution in [0.25, 0.3) is 0 Å². The van der Waals surface area contributed by atoms with Crippen LogP contribution in [0.15, 0.2) is 0 Å². The minimum atomic E-state index is -1.03. The van der Waals surface area contributed by atoms with Crippen molar-refractivity contribution in [3.63, 3.8) is 0 Å². The SMILES string of the molecule is CC(=O)NC(CNC1CCCOC1)C(=O)O. The molecule has 3 N–H and O–H groups in total. The number of carbonyl (C=O) groups excluding carboxylic acids is 1. The normalized spacial score (nSPS) is 22.4. The monoisotopic (exact) mass is 230 g/mol. The zero-order valence-electron chi connectivity index (χ0n) is 9.36. The largest absolute Gasteiger partial charge is 0.480 e. The topological polar surface area (TPSA) is 87.7 Å². The standard InChI is InChI=1S/C10H18N2O4/c1-7(13)12-9(10(14)15)5-11-8-3-2-4-16-6-8/h8-9,11H,2-6H2,1H3,(H,12,13)(H,14,15). The van der Waals surface area contributed by atoms with Gasteiger partial charge >= 0.3 is 5.97 Å². The van der Waals surface area contributed by atoms with Crippen molar-refractivity contribution in [3.05, 3.63) is 0 Å². The van der Waals surface area contributed by atoms with Gasteiger partial charge in [0.15, 0.2) is 0 Å². The summed E-state index contributed by atoms with van der Waals surface area (Å²) in [5, 5.41) is 14.3. The highest BCUT2D eigenvalue weighted by molar-refractivity contribution is 5.82. The van der Waals surface area contributed by atoms with E-state index in [1.165, 1.54) is 6.92 Å². The van der Waals surface area contributed by atoms with Gasteiger partial charge in [0.25, 0.3) is 0 Å². The van der Waals surface area contributed by atoms with Gasteiger partial charge in [0, 0.05) is 26.1 Å². The molecule has 0 aromatic heterocycles. The Morgan fingerprint density at radius 3 is 2.81 bits per heavy atom. The van der Waals surface area contributed by atoms with Crippen molar-refractivity contribution in [2.24, 2.45) is 0 Å². The molecule has 1 rings (SSSR count). The minimum Gasteiger partial charge on any atom is -0.480 e. The van der Waals surface area contributed by atoms with Crippen LogP contribution >= 0.6 is 0 Å². The molecule has 16 heavy (non-hydrogen) atoms. The Morgan fingerprint density at radius 2 is 2.31 bits per heavy atom. The summed E-state index contributed by atoms with van der Waals surface area (Å²) in [6.07, 6.45) is 1.96. The van der Waals surface area contributed by atoms with Gasteiger partial charge in [-0.25, -0.2) is 4.79 Å². The lowest BCUT2D eigenvalue weighted by atomic mass is 10.1. The Labute approximate surface area is 94.3 Å². The van der Waals surface area contributed by atoms with Crippen LogP contribution in [0, 0.1) is 0 Å². The number of aliphatic carboxylic acids is 1. The Hall–Kier alpha value is -1.14. The Morgan fingerprint density at radius 1 is 1.56 bits per heavy atom. The second-order valence-corrected chi connectivity index (χ2v) is 3.91. The van der Waals surface area contributed by atoms with Gasteiger partial charge in [-0.2, -0.15) is 0 Å². The number of carboxylic acid groups (broad SMARTS) is 1. The second-order valence-electron chi connectivity index (χ2n) is 3.91. The molecule has 1 aliphatic rings. The maximum atomic E-state index is 10.8. The average molecular weight is 230 g/mol. The summed E-state index contributed by atoms with van der Waals surface area (Å²) in [6.45, 7) is 2.90. The van der Waals surface area contributed by atoms with E-state index < -0.39 is 12.0 Å². The predicted molar refractivity (Wildman–Crippen MR) is 57.1 cm³/mol. The van der Waals surface area contributed by atoms with Crippen molar-refractivity contribution in [2.45, 2.75) is 31.8 Å². The summed E-state index contributed by atoms with van der Waals surface area (Å²) < 4.78 is 5.26. The molecule has 0 bridgehead atoms. The van der Waals surface area contributed by atoms with E-state index in [0.29, 0.717) is 6.61 Å². The zero-order chi connectivity index (χ0) is 12.0. The molecule has 2 atom stereocenters. The molecule has 0 aromatic carbocycles. The fourth-order valence-electron chi connectivity index (χ4n) is 1.63. The summed E-state index contributed by atoms with van der Waals surface area (Å²) in [7, 11) is 0. The maximum Gasteiger partial charge on any atom is 0.327 e. The highest BCUT2D eigenvalue weighted by Crippen LogP contribution is 2.05. The molecule has 1 amide bonds. The van der Waals surface area contributed by atoms with E-state index in [1.807, 2.05) is 0 Å². The van der Waals surface area contributed by atoms with Gasteiger partial charge in [-0.15, -0.1) is 0 Å². The molecule has 6 nitrogen and oxygen atoms in total. The third-order valence-corrected chi connectivity index (χ3v) is 2.45. The average Bonchev–Trinajstić information content (AvgIpc) is 2.25. The van der Waals surface area contributed by atoms with Gasteiger partial charge < -0.3 is 20.5 Å². The summed E-state index contributed by atoms with van der Waals surface area (Å²) in [6, 6.07) is -0.691. The number of hydrogen-bond donors (Lipinski definition) is 3. The number of hydrogen-bond acceptors (Lipinski definition) is 4. The molecule has 1 saturated heterocycles. The van der Waals surface area contributed by atoms with Gasteiger partial charge in [0.2, 0.25) is 5.91 Å². The van der Waals surface area contributed by atoms with Crippen LogP contribution in [-0.4, -0.2) is 48.8 Å². The van der Waals surface area contributed by atoms with Crippen LogP contribution in [0.2, 0.25) is 0 Å². The van der Waals surface area contributed by atoms with Crippen molar-refractivity contribution in [1.29, 1.82) is 0 Å². The first-order valence-electron chi connectivity index (χ1n) is 5.40. The Balaban J connectivity index is 2.30. The van der Waals surface area contributed by atoms with E-state index in [2.05, 4.69) is 10.6 Å². The number of carboxylic acids is 1. The number of rotatable bonds is 5. The lowest BCUT2D eigenvalue weighted by Gasteiger charge is -2.24. The lowest BCUT2D eigenvalue weighted by molar-refractivity contribution is -0.141. The van der Waals surface area contributed by atoms with Gasteiger partial charge in [-0.3, -0.25) is 4.79 Å². The fourth-order valence-corrected chi connectivity index (χ4v) is 1.63. The van der Waals surface area contributed by atoms with E-state index >= 15 is 0 Å². The van der Waals surface area contributed by atoms with Gasteiger partial charge in [-0.1, -0.05) is 0 Å². The molecule has 2 unspecified atom stereocenters. The number of nitrogens with one attached hydrogen (secondary N) is 2. The first-order valence-corrected chi connectivity index (χ1v) is 5.40. The molecule has 1 aliphatic heterocycles. The molecule has 0 saturated carbocycles. The summed E-state index contributed by atoms with van der Waals surface area (Å²) >= 11 is 0. The van der Waals surface area contributed by atoms with Crippen molar-refractivity contribution >= 4 is 11.9 Å². The number of amides is 1. The molecule has 1 heterocycles. The number of ether oxygens (including phenoxy) is 1. The molecular weight excluding hydrogens is 212 g/mol. The molecule has 92 valence electrons. The second kappa shape index (κ2) is 6.44. The summed E-state index contributed by atoms with van der Waals surface area (Å²) in [5.41, 5.74) is 0. The third kappa shape index (κ3) is 4.59. The molecular formula is C10H18N2O4. The van der Waals surface area contributed by atoms with Gasteiger partial charge in [0.1, 0.15) is 6.04 Å². The zero-order valence-corrected chi connectivity index (χ0v) is 9.36. The molecule has 0 aliphatic carbocycles.